The molecule has 1 unspecified atom stereocenters. The lowest BCUT2D eigenvalue weighted by Gasteiger charge is -2.22. The number of sulfonamides is 1. The first-order valence-electron chi connectivity index (χ1n) is 6.91. The predicted molar refractivity (Wildman–Crippen MR) is 78.2 cm³/mol. The van der Waals surface area contributed by atoms with E-state index in [0.717, 1.165) is 31.7 Å². The van der Waals surface area contributed by atoms with Crippen molar-refractivity contribution in [3.63, 3.8) is 0 Å². The summed E-state index contributed by atoms with van der Waals surface area (Å²) in [6.45, 7) is 0.221. The molecule has 1 aliphatic rings. The van der Waals surface area contributed by atoms with E-state index in [9.17, 15) is 18.5 Å². The highest BCUT2D eigenvalue weighted by molar-refractivity contribution is 7.89. The summed E-state index contributed by atoms with van der Waals surface area (Å²) in [5.74, 6) is 0.239. The quantitative estimate of drug-likeness (QED) is 0.608. The van der Waals surface area contributed by atoms with Crippen LogP contribution in [0.2, 0.25) is 0 Å². The highest BCUT2D eigenvalue weighted by atomic mass is 32.2. The average molecular weight is 313 g/mol. The van der Waals surface area contributed by atoms with Crippen LogP contribution in [0.3, 0.4) is 0 Å². The first-order chi connectivity index (χ1) is 9.94. The zero-order valence-corrected chi connectivity index (χ0v) is 12.4. The van der Waals surface area contributed by atoms with E-state index >= 15 is 0 Å². The van der Waals surface area contributed by atoms with Gasteiger partial charge in [-0.05, 0) is 24.8 Å². The van der Waals surface area contributed by atoms with Gasteiger partial charge in [-0.3, -0.25) is 10.1 Å². The van der Waals surface area contributed by atoms with E-state index in [0.29, 0.717) is 0 Å². The molecule has 0 saturated heterocycles. The number of nitro benzene ring substituents is 1. The summed E-state index contributed by atoms with van der Waals surface area (Å²) in [7, 11) is -3.80. The Balaban J connectivity index is 2.20. The molecular weight excluding hydrogens is 294 g/mol. The third-order valence-electron chi connectivity index (χ3n) is 3.87. The Hall–Kier alpha value is -1.51. The second-order valence-corrected chi connectivity index (χ2v) is 6.98. The number of hydrogen-bond acceptors (Lipinski definition) is 5. The third-order valence-corrected chi connectivity index (χ3v) is 5.36. The molecule has 0 aromatic heterocycles. The van der Waals surface area contributed by atoms with Gasteiger partial charge in [-0.15, -0.1) is 0 Å². The molecule has 1 aliphatic carbocycles. The molecule has 0 aliphatic heterocycles. The van der Waals surface area contributed by atoms with Crippen LogP contribution in [0.25, 0.3) is 0 Å². The van der Waals surface area contributed by atoms with Crippen molar-refractivity contribution in [2.24, 2.45) is 11.7 Å². The van der Waals surface area contributed by atoms with Crippen molar-refractivity contribution in [3.05, 3.63) is 34.4 Å². The summed E-state index contributed by atoms with van der Waals surface area (Å²) in [5, 5.41) is 10.7. The van der Waals surface area contributed by atoms with Crippen molar-refractivity contribution < 1.29 is 13.3 Å². The van der Waals surface area contributed by atoms with E-state index in [1.807, 2.05) is 0 Å². The normalized spacial score (nSPS) is 17.8. The van der Waals surface area contributed by atoms with Crippen LogP contribution in [-0.4, -0.2) is 25.9 Å². The molecule has 1 saturated carbocycles. The van der Waals surface area contributed by atoms with Gasteiger partial charge in [0.05, 0.1) is 9.82 Å². The van der Waals surface area contributed by atoms with Crippen molar-refractivity contribution in [3.8, 4) is 0 Å². The fourth-order valence-corrected chi connectivity index (χ4v) is 4.09. The molecule has 0 heterocycles. The van der Waals surface area contributed by atoms with Crippen molar-refractivity contribution in [2.45, 2.75) is 36.6 Å². The average Bonchev–Trinajstić information content (AvgIpc) is 2.99. The second-order valence-electron chi connectivity index (χ2n) is 5.26. The van der Waals surface area contributed by atoms with Gasteiger partial charge in [-0.2, -0.15) is 0 Å². The van der Waals surface area contributed by atoms with Crippen molar-refractivity contribution in [2.75, 3.05) is 6.54 Å². The van der Waals surface area contributed by atoms with Gasteiger partial charge >= 0.3 is 0 Å². The molecule has 1 aromatic carbocycles. The maximum atomic E-state index is 12.3. The van der Waals surface area contributed by atoms with E-state index in [-0.39, 0.29) is 29.1 Å². The zero-order chi connectivity index (χ0) is 15.5. The highest BCUT2D eigenvalue weighted by Gasteiger charge is 2.28. The molecule has 8 heteroatoms. The lowest BCUT2D eigenvalue weighted by Crippen LogP contribution is -2.44. The molecule has 2 rings (SSSR count). The highest BCUT2D eigenvalue weighted by Crippen LogP contribution is 2.28. The van der Waals surface area contributed by atoms with Gasteiger partial charge < -0.3 is 5.73 Å². The Bertz CT molecular complexity index is 612. The predicted octanol–water partition coefficient (Wildman–Crippen LogP) is 1.39. The van der Waals surface area contributed by atoms with Crippen LogP contribution in [-0.2, 0) is 10.0 Å². The Morgan fingerprint density at radius 3 is 2.62 bits per heavy atom. The van der Waals surface area contributed by atoms with Crippen LogP contribution in [0, 0.1) is 16.0 Å². The molecule has 0 spiro atoms. The molecule has 21 heavy (non-hydrogen) atoms. The van der Waals surface area contributed by atoms with E-state index in [2.05, 4.69) is 4.72 Å². The minimum absolute atomic E-state index is 0.104. The maximum Gasteiger partial charge on any atom is 0.270 e. The molecule has 1 aromatic rings. The lowest BCUT2D eigenvalue weighted by atomic mass is 9.99. The van der Waals surface area contributed by atoms with E-state index < -0.39 is 14.9 Å². The molecule has 0 radical (unpaired) electrons. The number of benzene rings is 1. The number of nitrogens with one attached hydrogen (secondary N) is 1. The summed E-state index contributed by atoms with van der Waals surface area (Å²) >= 11 is 0. The topological polar surface area (TPSA) is 115 Å². The maximum absolute atomic E-state index is 12.3. The minimum Gasteiger partial charge on any atom is -0.329 e. The zero-order valence-electron chi connectivity index (χ0n) is 11.6. The fraction of sp³-hybridized carbons (Fsp3) is 0.538. The number of rotatable bonds is 6. The molecular formula is C13H19N3O4S. The van der Waals surface area contributed by atoms with E-state index in [1.54, 1.807) is 0 Å². The number of nitrogens with zero attached hydrogens (tertiary/aromatic N) is 1. The summed E-state index contributed by atoms with van der Waals surface area (Å²) in [6.07, 6.45) is 4.08. The van der Waals surface area contributed by atoms with E-state index in [4.69, 9.17) is 5.73 Å². The van der Waals surface area contributed by atoms with Gasteiger partial charge in [-0.25, -0.2) is 13.1 Å². The van der Waals surface area contributed by atoms with Crippen LogP contribution in [0.1, 0.15) is 25.7 Å². The van der Waals surface area contributed by atoms with Crippen molar-refractivity contribution in [1.29, 1.82) is 0 Å². The molecule has 1 fully saturated rings. The van der Waals surface area contributed by atoms with E-state index in [1.165, 1.54) is 18.2 Å². The molecule has 3 N–H and O–H groups in total. The molecule has 0 bridgehead atoms. The molecule has 116 valence electrons. The van der Waals surface area contributed by atoms with Crippen molar-refractivity contribution >= 4 is 15.7 Å². The van der Waals surface area contributed by atoms with Gasteiger partial charge in [0, 0.05) is 24.7 Å². The summed E-state index contributed by atoms with van der Waals surface area (Å²) in [4.78, 5) is 10.0. The number of non-ortho nitro benzene ring substituents is 1. The lowest BCUT2D eigenvalue weighted by molar-refractivity contribution is -0.385. The summed E-state index contributed by atoms with van der Waals surface area (Å²) < 4.78 is 27.3. The third kappa shape index (κ3) is 3.78. The molecule has 7 nitrogen and oxygen atoms in total. The fourth-order valence-electron chi connectivity index (χ4n) is 2.73. The van der Waals surface area contributed by atoms with Crippen LogP contribution in [0.4, 0.5) is 5.69 Å². The largest absolute Gasteiger partial charge is 0.329 e. The Labute approximate surface area is 123 Å². The van der Waals surface area contributed by atoms with Gasteiger partial charge in [0.1, 0.15) is 0 Å². The monoisotopic (exact) mass is 313 g/mol. The second kappa shape index (κ2) is 6.50. The standard InChI is InChI=1S/C13H19N3O4S/c14-9-13(10-4-1-2-5-10)15-21(19,20)12-7-3-6-11(8-12)16(17)18/h3,6-8,10,13,15H,1-2,4-5,9,14H2. The van der Waals surface area contributed by atoms with Gasteiger partial charge in [0.25, 0.3) is 5.69 Å². The first-order valence-corrected chi connectivity index (χ1v) is 8.39. The summed E-state index contributed by atoms with van der Waals surface area (Å²) in [6, 6.07) is 4.70. The van der Waals surface area contributed by atoms with Crippen molar-refractivity contribution in [1.82, 2.24) is 4.72 Å². The number of nitrogens with two attached hydrogens (primary N) is 1. The molecule has 1 atom stereocenters. The minimum atomic E-state index is -3.80. The van der Waals surface area contributed by atoms with Crippen LogP contribution >= 0.6 is 0 Å². The molecule has 0 amide bonds. The SMILES string of the molecule is NCC(NS(=O)(=O)c1cccc([N+](=O)[O-])c1)C1CCCC1. The smallest absolute Gasteiger partial charge is 0.270 e. The van der Waals surface area contributed by atoms with Crippen LogP contribution in [0.15, 0.2) is 29.2 Å². The Kier molecular flexibility index (Phi) is 4.92. The number of hydrogen-bond donors (Lipinski definition) is 2. The van der Waals surface area contributed by atoms with Crippen LogP contribution < -0.4 is 10.5 Å². The Morgan fingerprint density at radius 1 is 1.38 bits per heavy atom. The van der Waals surface area contributed by atoms with Gasteiger partial charge in [0.15, 0.2) is 0 Å². The van der Waals surface area contributed by atoms with Gasteiger partial charge in [-0.1, -0.05) is 18.9 Å². The number of nitro groups is 1. The van der Waals surface area contributed by atoms with Gasteiger partial charge in [0.2, 0.25) is 10.0 Å². The van der Waals surface area contributed by atoms with Crippen LogP contribution in [0.5, 0.6) is 0 Å². The summed E-state index contributed by atoms with van der Waals surface area (Å²) in [5.41, 5.74) is 5.43. The Morgan fingerprint density at radius 2 is 2.05 bits per heavy atom. The first kappa shape index (κ1) is 15.9.